The number of halogens is 2. The van der Waals surface area contributed by atoms with Gasteiger partial charge < -0.3 is 15.2 Å². The molecule has 24 heavy (non-hydrogen) atoms. The van der Waals surface area contributed by atoms with Gasteiger partial charge in [-0.1, -0.05) is 27.5 Å². The molecule has 0 saturated heterocycles. The van der Waals surface area contributed by atoms with Gasteiger partial charge in [-0.05, 0) is 56.3 Å². The lowest BCUT2D eigenvalue weighted by Crippen LogP contribution is -2.42. The Kier molecular flexibility index (Phi) is 5.51. The highest BCUT2D eigenvalue weighted by atomic mass is 79.9. The molecule has 0 bridgehead atoms. The first-order chi connectivity index (χ1) is 11.2. The van der Waals surface area contributed by atoms with Crippen molar-refractivity contribution in [2.45, 2.75) is 19.4 Å². The van der Waals surface area contributed by atoms with Gasteiger partial charge in [0.15, 0.2) is 5.60 Å². The van der Waals surface area contributed by atoms with Crippen LogP contribution in [0.4, 0.5) is 5.69 Å². The third kappa shape index (κ3) is 4.49. The highest BCUT2D eigenvalue weighted by molar-refractivity contribution is 9.10. The van der Waals surface area contributed by atoms with E-state index in [1.165, 1.54) is 18.2 Å². The summed E-state index contributed by atoms with van der Waals surface area (Å²) >= 11 is 9.23. The normalized spacial score (nSPS) is 11.0. The molecule has 0 aliphatic rings. The quantitative estimate of drug-likeness (QED) is 0.753. The standard InChI is InChI=1S/C17H15BrClNO4/c1-17(2,24-12-6-3-10(18)4-7-12)16(23)20-11-5-8-13(15(21)22)14(19)9-11/h3-9H,1-2H3,(H,20,23)(H,21,22). The molecule has 2 aromatic carbocycles. The number of carboxylic acid groups (broad SMARTS) is 1. The van der Waals surface area contributed by atoms with E-state index < -0.39 is 11.6 Å². The summed E-state index contributed by atoms with van der Waals surface area (Å²) in [6.45, 7) is 3.27. The molecule has 0 saturated carbocycles. The zero-order chi connectivity index (χ0) is 17.9. The molecular weight excluding hydrogens is 398 g/mol. The van der Waals surface area contributed by atoms with Crippen LogP contribution in [-0.2, 0) is 4.79 Å². The van der Waals surface area contributed by atoms with Crippen molar-refractivity contribution in [2.75, 3.05) is 5.32 Å². The van der Waals surface area contributed by atoms with Crippen molar-refractivity contribution in [3.8, 4) is 5.75 Å². The lowest BCUT2D eigenvalue weighted by molar-refractivity contribution is -0.128. The summed E-state index contributed by atoms with van der Waals surface area (Å²) in [6, 6.07) is 11.3. The molecule has 0 heterocycles. The smallest absolute Gasteiger partial charge is 0.337 e. The molecule has 0 atom stereocenters. The van der Waals surface area contributed by atoms with Crippen LogP contribution in [0.2, 0.25) is 5.02 Å². The van der Waals surface area contributed by atoms with Crippen molar-refractivity contribution in [2.24, 2.45) is 0 Å². The number of rotatable bonds is 5. The highest BCUT2D eigenvalue weighted by Gasteiger charge is 2.30. The van der Waals surface area contributed by atoms with Crippen molar-refractivity contribution in [1.82, 2.24) is 0 Å². The molecule has 0 fully saturated rings. The fraction of sp³-hybridized carbons (Fsp3) is 0.176. The molecule has 0 aromatic heterocycles. The van der Waals surface area contributed by atoms with E-state index in [0.29, 0.717) is 11.4 Å². The minimum atomic E-state index is -1.13. The number of carbonyl (C=O) groups is 2. The number of carboxylic acids is 1. The van der Waals surface area contributed by atoms with Gasteiger partial charge in [-0.2, -0.15) is 0 Å². The van der Waals surface area contributed by atoms with Gasteiger partial charge in [-0.15, -0.1) is 0 Å². The summed E-state index contributed by atoms with van der Waals surface area (Å²) < 4.78 is 6.63. The third-order valence-electron chi connectivity index (χ3n) is 3.19. The van der Waals surface area contributed by atoms with E-state index in [4.69, 9.17) is 21.4 Å². The zero-order valence-corrected chi connectivity index (χ0v) is 15.3. The number of ether oxygens (including phenoxy) is 1. The van der Waals surface area contributed by atoms with Crippen molar-refractivity contribution in [3.63, 3.8) is 0 Å². The van der Waals surface area contributed by atoms with Crippen LogP contribution in [0.3, 0.4) is 0 Å². The van der Waals surface area contributed by atoms with Crippen LogP contribution in [0.15, 0.2) is 46.9 Å². The molecule has 0 spiro atoms. The second-order valence-corrected chi connectivity index (χ2v) is 6.84. The Morgan fingerprint density at radius 1 is 1.17 bits per heavy atom. The van der Waals surface area contributed by atoms with Gasteiger partial charge in [0.2, 0.25) is 0 Å². The molecule has 1 amide bonds. The number of aromatic carboxylic acids is 1. The predicted octanol–water partition coefficient (Wildman–Crippen LogP) is 4.60. The van der Waals surface area contributed by atoms with Crippen LogP contribution in [0.5, 0.6) is 5.75 Å². The van der Waals surface area contributed by atoms with E-state index in [2.05, 4.69) is 21.2 Å². The van der Waals surface area contributed by atoms with Crippen LogP contribution in [0, 0.1) is 0 Å². The molecule has 7 heteroatoms. The second-order valence-electron chi connectivity index (χ2n) is 5.52. The van der Waals surface area contributed by atoms with Gasteiger partial charge in [-0.3, -0.25) is 4.79 Å². The first-order valence-corrected chi connectivity index (χ1v) is 8.15. The number of benzene rings is 2. The fourth-order valence-corrected chi connectivity index (χ4v) is 2.42. The molecule has 2 N–H and O–H groups in total. The number of hydrogen-bond acceptors (Lipinski definition) is 3. The Hall–Kier alpha value is -2.05. The van der Waals surface area contributed by atoms with Crippen LogP contribution in [0.1, 0.15) is 24.2 Å². The molecule has 2 rings (SSSR count). The summed E-state index contributed by atoms with van der Waals surface area (Å²) in [7, 11) is 0. The largest absolute Gasteiger partial charge is 0.478 e. The monoisotopic (exact) mass is 411 g/mol. The van der Waals surface area contributed by atoms with E-state index >= 15 is 0 Å². The summed E-state index contributed by atoms with van der Waals surface area (Å²) in [6.07, 6.45) is 0. The first kappa shape index (κ1) is 18.3. The Morgan fingerprint density at radius 3 is 2.33 bits per heavy atom. The Morgan fingerprint density at radius 2 is 1.79 bits per heavy atom. The van der Waals surface area contributed by atoms with Gasteiger partial charge in [0.1, 0.15) is 5.75 Å². The molecule has 0 unspecified atom stereocenters. The van der Waals surface area contributed by atoms with E-state index in [0.717, 1.165) is 4.47 Å². The maximum Gasteiger partial charge on any atom is 0.337 e. The topological polar surface area (TPSA) is 75.6 Å². The third-order valence-corrected chi connectivity index (χ3v) is 4.03. The highest BCUT2D eigenvalue weighted by Crippen LogP contribution is 2.24. The lowest BCUT2D eigenvalue weighted by Gasteiger charge is -2.25. The maximum atomic E-state index is 12.4. The van der Waals surface area contributed by atoms with E-state index in [9.17, 15) is 9.59 Å². The van der Waals surface area contributed by atoms with Crippen LogP contribution >= 0.6 is 27.5 Å². The average Bonchev–Trinajstić information content (AvgIpc) is 2.49. The number of amides is 1. The number of nitrogens with one attached hydrogen (secondary N) is 1. The minimum Gasteiger partial charge on any atom is -0.478 e. The van der Waals surface area contributed by atoms with Gasteiger partial charge in [0.05, 0.1) is 10.6 Å². The van der Waals surface area contributed by atoms with Crippen LogP contribution in [-0.4, -0.2) is 22.6 Å². The fourth-order valence-electron chi connectivity index (χ4n) is 1.89. The Labute approximate surface area is 152 Å². The maximum absolute atomic E-state index is 12.4. The van der Waals surface area contributed by atoms with Crippen molar-refractivity contribution < 1.29 is 19.4 Å². The number of anilines is 1. The summed E-state index contributed by atoms with van der Waals surface area (Å²) in [4.78, 5) is 23.4. The number of hydrogen-bond donors (Lipinski definition) is 2. The van der Waals surface area contributed by atoms with Gasteiger partial charge in [0.25, 0.3) is 5.91 Å². The molecule has 0 aliphatic heterocycles. The summed E-state index contributed by atoms with van der Waals surface area (Å²) in [5, 5.41) is 11.7. The SMILES string of the molecule is CC(C)(Oc1ccc(Br)cc1)C(=O)Nc1ccc(C(=O)O)c(Cl)c1. The first-order valence-electron chi connectivity index (χ1n) is 6.98. The van der Waals surface area contributed by atoms with Gasteiger partial charge in [-0.25, -0.2) is 4.79 Å². The molecular formula is C17H15BrClNO4. The molecule has 0 radical (unpaired) electrons. The average molecular weight is 413 g/mol. The van der Waals surface area contributed by atoms with Crippen molar-refractivity contribution in [1.29, 1.82) is 0 Å². The van der Waals surface area contributed by atoms with Crippen LogP contribution < -0.4 is 10.1 Å². The second kappa shape index (κ2) is 7.23. The summed E-state index contributed by atoms with van der Waals surface area (Å²) in [5.41, 5.74) is -0.770. The van der Waals surface area contributed by atoms with E-state index in [1.807, 2.05) is 12.1 Å². The molecule has 5 nitrogen and oxygen atoms in total. The van der Waals surface area contributed by atoms with Crippen LogP contribution in [0.25, 0.3) is 0 Å². The van der Waals surface area contributed by atoms with Gasteiger partial charge >= 0.3 is 5.97 Å². The van der Waals surface area contributed by atoms with E-state index in [1.54, 1.807) is 26.0 Å². The minimum absolute atomic E-state index is 0.0277. The zero-order valence-electron chi connectivity index (χ0n) is 13.0. The van der Waals surface area contributed by atoms with Crippen molar-refractivity contribution in [3.05, 3.63) is 57.5 Å². The predicted molar refractivity (Wildman–Crippen MR) is 95.9 cm³/mol. The summed E-state index contributed by atoms with van der Waals surface area (Å²) in [5.74, 6) is -0.959. The molecule has 0 aliphatic carbocycles. The molecule has 126 valence electrons. The van der Waals surface area contributed by atoms with E-state index in [-0.39, 0.29) is 16.5 Å². The van der Waals surface area contributed by atoms with Gasteiger partial charge in [0, 0.05) is 10.2 Å². The molecule has 2 aromatic rings. The lowest BCUT2D eigenvalue weighted by atomic mass is 10.1. The van der Waals surface area contributed by atoms with Crippen molar-refractivity contribution >= 4 is 45.1 Å². The number of carbonyl (C=O) groups excluding carboxylic acids is 1. The Bertz CT molecular complexity index is 775. The Balaban J connectivity index is 2.11.